The summed E-state index contributed by atoms with van der Waals surface area (Å²) < 4.78 is 0. The Hall–Kier alpha value is -2.08. The van der Waals surface area contributed by atoms with Crippen LogP contribution < -0.4 is 5.32 Å². The predicted octanol–water partition coefficient (Wildman–Crippen LogP) is 1.98. The zero-order chi connectivity index (χ0) is 19.8. The lowest BCUT2D eigenvalue weighted by molar-refractivity contribution is -0.127. The molecule has 2 rings (SSSR count). The fourth-order valence-corrected chi connectivity index (χ4v) is 3.09. The number of likely N-dealkylation sites (N-methyl/N-ethyl adjacent to an activating group) is 1. The first-order valence-electron chi connectivity index (χ1n) is 9.95. The molecule has 0 radical (unpaired) electrons. The van der Waals surface area contributed by atoms with Crippen molar-refractivity contribution in [3.8, 4) is 0 Å². The van der Waals surface area contributed by atoms with E-state index in [1.165, 1.54) is 11.1 Å². The average molecular weight is 374 g/mol. The molecule has 1 N–H and O–H groups in total. The van der Waals surface area contributed by atoms with Crippen LogP contribution in [0.3, 0.4) is 0 Å². The second-order valence-electron chi connectivity index (χ2n) is 7.62. The van der Waals surface area contributed by atoms with Crippen molar-refractivity contribution in [2.24, 2.45) is 4.99 Å². The normalized spacial score (nSPS) is 15.9. The Bertz CT molecular complexity index is 616. The van der Waals surface area contributed by atoms with Crippen LogP contribution >= 0.6 is 0 Å². The van der Waals surface area contributed by atoms with Gasteiger partial charge in [0, 0.05) is 53.4 Å². The molecule has 1 heterocycles. The number of carbonyl (C=O) groups excluding carboxylic acids is 1. The number of benzene rings is 1. The first-order valence-corrected chi connectivity index (χ1v) is 9.95. The van der Waals surface area contributed by atoms with E-state index in [0.717, 1.165) is 45.2 Å². The maximum Gasteiger partial charge on any atom is 0.243 e. The number of amides is 1. The summed E-state index contributed by atoms with van der Waals surface area (Å²) in [6.45, 7) is 12.3. The van der Waals surface area contributed by atoms with Crippen molar-refractivity contribution < 1.29 is 4.79 Å². The van der Waals surface area contributed by atoms with E-state index in [9.17, 15) is 4.79 Å². The fraction of sp³-hybridized carbons (Fsp3) is 0.619. The quantitative estimate of drug-likeness (QED) is 0.612. The molecule has 0 saturated carbocycles. The van der Waals surface area contributed by atoms with E-state index in [-0.39, 0.29) is 12.5 Å². The van der Waals surface area contributed by atoms with Crippen LogP contribution in [0.2, 0.25) is 0 Å². The molecule has 0 bridgehead atoms. The minimum Gasteiger partial charge on any atom is -0.357 e. The number of nitrogens with one attached hydrogen (secondary N) is 1. The Morgan fingerprint density at radius 3 is 2.30 bits per heavy atom. The van der Waals surface area contributed by atoms with Crippen LogP contribution in [0.4, 0.5) is 0 Å². The number of aliphatic imine (C=N–C) groups is 1. The van der Waals surface area contributed by atoms with Crippen molar-refractivity contribution in [2.75, 3.05) is 53.4 Å². The van der Waals surface area contributed by atoms with Crippen LogP contribution in [0.1, 0.15) is 37.8 Å². The van der Waals surface area contributed by atoms with Gasteiger partial charge in [0.05, 0.1) is 0 Å². The lowest BCUT2D eigenvalue weighted by Gasteiger charge is -2.36. The lowest BCUT2D eigenvalue weighted by atomic mass is 10.0. The number of guanidine groups is 1. The van der Waals surface area contributed by atoms with Gasteiger partial charge in [-0.2, -0.15) is 0 Å². The summed E-state index contributed by atoms with van der Waals surface area (Å²) in [4.78, 5) is 22.7. The second kappa shape index (κ2) is 10.3. The first-order chi connectivity index (χ1) is 12.9. The SMILES string of the molecule is CCNC(=NCC(=O)N(C)C)N1CCN(Cc2ccc(C(C)C)cc2)CC1. The highest BCUT2D eigenvalue weighted by Crippen LogP contribution is 2.16. The Morgan fingerprint density at radius 1 is 1.15 bits per heavy atom. The molecule has 1 aromatic rings. The van der Waals surface area contributed by atoms with Crippen molar-refractivity contribution in [1.82, 2.24) is 20.0 Å². The van der Waals surface area contributed by atoms with Crippen molar-refractivity contribution in [3.05, 3.63) is 35.4 Å². The molecule has 150 valence electrons. The van der Waals surface area contributed by atoms with E-state index in [0.29, 0.717) is 5.92 Å². The van der Waals surface area contributed by atoms with Gasteiger partial charge < -0.3 is 15.1 Å². The summed E-state index contributed by atoms with van der Waals surface area (Å²) in [7, 11) is 3.52. The molecule has 1 saturated heterocycles. The number of rotatable bonds is 6. The molecule has 6 heteroatoms. The van der Waals surface area contributed by atoms with E-state index in [2.05, 4.69) is 65.1 Å². The minimum absolute atomic E-state index is 0.0221. The van der Waals surface area contributed by atoms with E-state index >= 15 is 0 Å². The predicted molar refractivity (Wildman–Crippen MR) is 112 cm³/mol. The van der Waals surface area contributed by atoms with E-state index in [1.807, 2.05) is 0 Å². The molecule has 0 unspecified atom stereocenters. The summed E-state index contributed by atoms with van der Waals surface area (Å²) in [5.41, 5.74) is 2.76. The average Bonchev–Trinajstić information content (AvgIpc) is 2.66. The van der Waals surface area contributed by atoms with Gasteiger partial charge >= 0.3 is 0 Å². The summed E-state index contributed by atoms with van der Waals surface area (Å²) in [6.07, 6.45) is 0. The molecular formula is C21H35N5O. The van der Waals surface area contributed by atoms with E-state index in [4.69, 9.17) is 0 Å². The third kappa shape index (κ3) is 6.54. The van der Waals surface area contributed by atoms with Crippen LogP contribution in [0.15, 0.2) is 29.3 Å². The monoisotopic (exact) mass is 373 g/mol. The van der Waals surface area contributed by atoms with Crippen LogP contribution in [-0.4, -0.2) is 79.9 Å². The summed E-state index contributed by atoms with van der Waals surface area (Å²) in [5.74, 6) is 1.44. The third-order valence-electron chi connectivity index (χ3n) is 4.92. The Labute approximate surface area is 164 Å². The lowest BCUT2D eigenvalue weighted by Crippen LogP contribution is -2.52. The molecule has 1 aliphatic heterocycles. The highest BCUT2D eigenvalue weighted by molar-refractivity contribution is 5.84. The minimum atomic E-state index is 0.0221. The largest absolute Gasteiger partial charge is 0.357 e. The standard InChI is InChI=1S/C21H35N5O/c1-6-22-21(23-15-20(27)24(4)5)26-13-11-25(12-14-26)16-18-7-9-19(10-8-18)17(2)3/h7-10,17H,6,11-16H2,1-5H3,(H,22,23). The van der Waals surface area contributed by atoms with Gasteiger partial charge in [-0.1, -0.05) is 38.1 Å². The van der Waals surface area contributed by atoms with Gasteiger partial charge in [-0.3, -0.25) is 9.69 Å². The molecule has 0 atom stereocenters. The molecule has 1 amide bonds. The van der Waals surface area contributed by atoms with Gasteiger partial charge in [0.15, 0.2) is 5.96 Å². The molecule has 0 spiro atoms. The molecule has 0 aliphatic carbocycles. The second-order valence-corrected chi connectivity index (χ2v) is 7.62. The molecular weight excluding hydrogens is 338 g/mol. The zero-order valence-corrected chi connectivity index (χ0v) is 17.5. The van der Waals surface area contributed by atoms with Gasteiger partial charge in [0.25, 0.3) is 0 Å². The number of hydrogen-bond donors (Lipinski definition) is 1. The Balaban J connectivity index is 1.88. The maximum absolute atomic E-state index is 11.8. The molecule has 1 aliphatic rings. The highest BCUT2D eigenvalue weighted by atomic mass is 16.2. The van der Waals surface area contributed by atoms with Gasteiger partial charge in [-0.25, -0.2) is 4.99 Å². The molecule has 6 nitrogen and oxygen atoms in total. The van der Waals surface area contributed by atoms with E-state index in [1.54, 1.807) is 19.0 Å². The van der Waals surface area contributed by atoms with Crippen LogP contribution in [0.5, 0.6) is 0 Å². The summed E-state index contributed by atoms with van der Waals surface area (Å²) >= 11 is 0. The summed E-state index contributed by atoms with van der Waals surface area (Å²) in [5, 5.41) is 3.31. The number of hydrogen-bond acceptors (Lipinski definition) is 3. The van der Waals surface area contributed by atoms with Crippen LogP contribution in [-0.2, 0) is 11.3 Å². The van der Waals surface area contributed by atoms with Crippen LogP contribution in [0.25, 0.3) is 0 Å². The van der Waals surface area contributed by atoms with Crippen molar-refractivity contribution in [2.45, 2.75) is 33.2 Å². The third-order valence-corrected chi connectivity index (χ3v) is 4.92. The van der Waals surface area contributed by atoms with Crippen molar-refractivity contribution in [3.63, 3.8) is 0 Å². The van der Waals surface area contributed by atoms with Gasteiger partial charge in [0.1, 0.15) is 6.54 Å². The highest BCUT2D eigenvalue weighted by Gasteiger charge is 2.20. The Morgan fingerprint density at radius 2 is 1.78 bits per heavy atom. The van der Waals surface area contributed by atoms with Gasteiger partial charge in [-0.05, 0) is 24.0 Å². The molecule has 0 aromatic heterocycles. The molecule has 1 aromatic carbocycles. The summed E-state index contributed by atoms with van der Waals surface area (Å²) in [6, 6.07) is 8.99. The molecule has 27 heavy (non-hydrogen) atoms. The molecule has 1 fully saturated rings. The Kier molecular flexibility index (Phi) is 8.10. The van der Waals surface area contributed by atoms with Crippen molar-refractivity contribution >= 4 is 11.9 Å². The maximum atomic E-state index is 11.8. The van der Waals surface area contributed by atoms with Crippen molar-refractivity contribution in [1.29, 1.82) is 0 Å². The number of nitrogens with zero attached hydrogens (tertiary/aromatic N) is 4. The zero-order valence-electron chi connectivity index (χ0n) is 17.5. The number of piperazine rings is 1. The van der Waals surface area contributed by atoms with Gasteiger partial charge in [-0.15, -0.1) is 0 Å². The fourth-order valence-electron chi connectivity index (χ4n) is 3.09. The van der Waals surface area contributed by atoms with Crippen LogP contribution in [0, 0.1) is 0 Å². The first kappa shape index (κ1) is 21.2. The van der Waals surface area contributed by atoms with Gasteiger partial charge in [0.2, 0.25) is 5.91 Å². The smallest absolute Gasteiger partial charge is 0.243 e. The van der Waals surface area contributed by atoms with E-state index < -0.39 is 0 Å². The number of carbonyl (C=O) groups is 1. The topological polar surface area (TPSA) is 51.2 Å².